The normalized spacial score (nSPS) is 11.2. The number of para-hydroxylation sites is 3. The van der Waals surface area contributed by atoms with Crippen LogP contribution in [0.25, 0.3) is 22.3 Å². The van der Waals surface area contributed by atoms with Gasteiger partial charge in [0.05, 0.1) is 11.0 Å². The lowest BCUT2D eigenvalue weighted by atomic mass is 10.2. The topological polar surface area (TPSA) is 17.8 Å². The molecule has 0 fully saturated rings. The molecule has 3 rings (SSSR count). The van der Waals surface area contributed by atoms with Crippen LogP contribution in [-0.4, -0.2) is 9.55 Å². The molecule has 0 radical (unpaired) electrons. The van der Waals surface area contributed by atoms with Crippen molar-refractivity contribution in [3.05, 3.63) is 79.2 Å². The van der Waals surface area contributed by atoms with Crippen LogP contribution in [-0.2, 0) is 0 Å². The molecule has 0 spiro atoms. The summed E-state index contributed by atoms with van der Waals surface area (Å²) >= 11 is 0. The van der Waals surface area contributed by atoms with E-state index in [1.165, 1.54) is 0 Å². The van der Waals surface area contributed by atoms with Gasteiger partial charge in [0.2, 0.25) is 0 Å². The summed E-state index contributed by atoms with van der Waals surface area (Å²) in [5, 5.41) is 0. The Morgan fingerprint density at radius 2 is 1.75 bits per heavy atom. The average molecular weight is 260 g/mol. The van der Waals surface area contributed by atoms with E-state index >= 15 is 0 Å². The maximum Gasteiger partial charge on any atom is 0.145 e. The third-order valence-electron chi connectivity index (χ3n) is 3.23. The SMILES string of the molecule is C=C(/C=C\C)c1nc2ccccc2n1-c1ccccc1. The number of nitrogens with zero attached hydrogens (tertiary/aromatic N) is 2. The molecule has 1 heterocycles. The zero-order valence-electron chi connectivity index (χ0n) is 11.5. The van der Waals surface area contributed by atoms with Gasteiger partial charge in [0.25, 0.3) is 0 Å². The number of rotatable bonds is 3. The summed E-state index contributed by atoms with van der Waals surface area (Å²) in [6.45, 7) is 6.11. The largest absolute Gasteiger partial charge is 0.292 e. The summed E-state index contributed by atoms with van der Waals surface area (Å²) in [7, 11) is 0. The molecule has 20 heavy (non-hydrogen) atoms. The monoisotopic (exact) mass is 260 g/mol. The first-order valence-electron chi connectivity index (χ1n) is 6.66. The molecule has 0 atom stereocenters. The molecule has 0 aliphatic carbocycles. The zero-order valence-corrected chi connectivity index (χ0v) is 11.5. The number of aromatic nitrogens is 2. The van der Waals surface area contributed by atoms with Crippen molar-refractivity contribution in [2.24, 2.45) is 0 Å². The van der Waals surface area contributed by atoms with Gasteiger partial charge in [-0.3, -0.25) is 4.57 Å². The van der Waals surface area contributed by atoms with Gasteiger partial charge in [0.15, 0.2) is 0 Å². The van der Waals surface area contributed by atoms with E-state index < -0.39 is 0 Å². The molecular formula is C18H16N2. The highest BCUT2D eigenvalue weighted by Crippen LogP contribution is 2.25. The molecule has 2 heteroatoms. The van der Waals surface area contributed by atoms with Gasteiger partial charge >= 0.3 is 0 Å². The van der Waals surface area contributed by atoms with Gasteiger partial charge in [0, 0.05) is 11.3 Å². The highest BCUT2D eigenvalue weighted by Gasteiger charge is 2.12. The predicted octanol–water partition coefficient (Wildman–Crippen LogP) is 4.61. The summed E-state index contributed by atoms with van der Waals surface area (Å²) in [6.07, 6.45) is 3.97. The molecule has 0 unspecified atom stereocenters. The number of benzene rings is 2. The summed E-state index contributed by atoms with van der Waals surface area (Å²) in [5.74, 6) is 0.885. The predicted molar refractivity (Wildman–Crippen MR) is 84.9 cm³/mol. The van der Waals surface area contributed by atoms with Crippen molar-refractivity contribution < 1.29 is 0 Å². The number of fused-ring (bicyclic) bond motifs is 1. The molecule has 2 aromatic carbocycles. The lowest BCUT2D eigenvalue weighted by Crippen LogP contribution is -1.99. The third kappa shape index (κ3) is 2.05. The Bertz CT molecular complexity index is 780. The van der Waals surface area contributed by atoms with Gasteiger partial charge in [-0.25, -0.2) is 4.98 Å². The molecule has 0 amide bonds. The maximum atomic E-state index is 4.72. The van der Waals surface area contributed by atoms with Gasteiger partial charge in [-0.2, -0.15) is 0 Å². The standard InChI is InChI=1S/C18H16N2/c1-3-9-14(2)18-19-16-12-7-8-13-17(16)20(18)15-10-5-4-6-11-15/h3-13H,2H2,1H3/b9-3-. The maximum absolute atomic E-state index is 4.72. The van der Waals surface area contributed by atoms with E-state index in [1.54, 1.807) is 0 Å². The van der Waals surface area contributed by atoms with E-state index in [-0.39, 0.29) is 0 Å². The van der Waals surface area contributed by atoms with Crippen molar-refractivity contribution in [1.82, 2.24) is 9.55 Å². The number of imidazole rings is 1. The van der Waals surface area contributed by atoms with E-state index in [1.807, 2.05) is 55.5 Å². The van der Waals surface area contributed by atoms with E-state index in [0.29, 0.717) is 0 Å². The fourth-order valence-corrected chi connectivity index (χ4v) is 2.36. The van der Waals surface area contributed by atoms with E-state index in [2.05, 4.69) is 29.3 Å². The third-order valence-corrected chi connectivity index (χ3v) is 3.23. The highest BCUT2D eigenvalue weighted by atomic mass is 15.1. The fraction of sp³-hybridized carbons (Fsp3) is 0.0556. The van der Waals surface area contributed by atoms with Crippen LogP contribution in [0.3, 0.4) is 0 Å². The van der Waals surface area contributed by atoms with Crippen LogP contribution in [0.4, 0.5) is 0 Å². The Labute approximate surface area is 118 Å². The summed E-state index contributed by atoms with van der Waals surface area (Å²) in [5.41, 5.74) is 4.09. The molecule has 3 aromatic rings. The van der Waals surface area contributed by atoms with E-state index in [9.17, 15) is 0 Å². The molecule has 0 saturated carbocycles. The minimum absolute atomic E-state index is 0.885. The van der Waals surface area contributed by atoms with Gasteiger partial charge in [0.1, 0.15) is 5.82 Å². The molecular weight excluding hydrogens is 244 g/mol. The van der Waals surface area contributed by atoms with Gasteiger partial charge in [-0.1, -0.05) is 49.1 Å². The van der Waals surface area contributed by atoms with Crippen molar-refractivity contribution in [3.63, 3.8) is 0 Å². The average Bonchev–Trinajstić information content (AvgIpc) is 2.88. The molecule has 0 bridgehead atoms. The van der Waals surface area contributed by atoms with Gasteiger partial charge in [-0.05, 0) is 31.2 Å². The molecule has 1 aromatic heterocycles. The quantitative estimate of drug-likeness (QED) is 0.628. The first-order valence-corrected chi connectivity index (χ1v) is 6.66. The molecule has 0 saturated heterocycles. The molecule has 2 nitrogen and oxygen atoms in total. The highest BCUT2D eigenvalue weighted by molar-refractivity contribution is 5.83. The van der Waals surface area contributed by atoms with Crippen molar-refractivity contribution in [2.45, 2.75) is 6.92 Å². The van der Waals surface area contributed by atoms with Crippen molar-refractivity contribution >= 4 is 16.6 Å². The van der Waals surface area contributed by atoms with E-state index in [0.717, 1.165) is 28.1 Å². The summed E-state index contributed by atoms with van der Waals surface area (Å²) in [6, 6.07) is 18.4. The van der Waals surface area contributed by atoms with Crippen molar-refractivity contribution in [1.29, 1.82) is 0 Å². The first kappa shape index (κ1) is 12.4. The first-order chi connectivity index (χ1) is 9.81. The van der Waals surface area contributed by atoms with E-state index in [4.69, 9.17) is 4.98 Å². The molecule has 0 N–H and O–H groups in total. The lowest BCUT2D eigenvalue weighted by molar-refractivity contribution is 1.06. The Morgan fingerprint density at radius 3 is 2.50 bits per heavy atom. The van der Waals surface area contributed by atoms with Crippen molar-refractivity contribution in [3.8, 4) is 5.69 Å². The van der Waals surface area contributed by atoms with Gasteiger partial charge < -0.3 is 0 Å². The smallest absolute Gasteiger partial charge is 0.145 e. The van der Waals surface area contributed by atoms with Gasteiger partial charge in [-0.15, -0.1) is 0 Å². The second-order valence-corrected chi connectivity index (χ2v) is 4.62. The number of hydrogen-bond donors (Lipinski definition) is 0. The molecule has 0 aliphatic rings. The summed E-state index contributed by atoms with van der Waals surface area (Å²) < 4.78 is 2.15. The number of hydrogen-bond acceptors (Lipinski definition) is 1. The minimum atomic E-state index is 0.885. The van der Waals surface area contributed by atoms with Crippen LogP contribution in [0.5, 0.6) is 0 Å². The molecule has 98 valence electrons. The lowest BCUT2D eigenvalue weighted by Gasteiger charge is -2.09. The second kappa shape index (κ2) is 5.17. The van der Waals surface area contributed by atoms with Crippen LogP contribution in [0.1, 0.15) is 12.7 Å². The zero-order chi connectivity index (χ0) is 13.9. The fourth-order valence-electron chi connectivity index (χ4n) is 2.36. The van der Waals surface area contributed by atoms with Crippen LogP contribution in [0.15, 0.2) is 73.3 Å². The van der Waals surface area contributed by atoms with Crippen molar-refractivity contribution in [2.75, 3.05) is 0 Å². The second-order valence-electron chi connectivity index (χ2n) is 4.62. The Balaban J connectivity index is 2.32. The number of allylic oxidation sites excluding steroid dienone is 3. The minimum Gasteiger partial charge on any atom is -0.292 e. The van der Waals surface area contributed by atoms with Crippen LogP contribution < -0.4 is 0 Å². The molecule has 0 aliphatic heterocycles. The van der Waals surface area contributed by atoms with Crippen LogP contribution in [0, 0.1) is 0 Å². The summed E-state index contributed by atoms with van der Waals surface area (Å²) in [4.78, 5) is 4.72. The Hall–Kier alpha value is -2.61. The van der Waals surface area contributed by atoms with Crippen LogP contribution in [0.2, 0.25) is 0 Å². The Kier molecular flexibility index (Phi) is 3.21. The Morgan fingerprint density at radius 1 is 1.05 bits per heavy atom. The van der Waals surface area contributed by atoms with Crippen LogP contribution >= 0.6 is 0 Å².